The molecule has 29 heavy (non-hydrogen) atoms. The molecule has 144 valence electrons. The number of fused-ring (bicyclic) bond motifs is 1. The SMILES string of the molecule is O=C1C(c2ccc(-c3ccc(Cl)cc3)cc2)=C(C(F)(F)F)C(=O)c2ccccc21. The van der Waals surface area contributed by atoms with E-state index < -0.39 is 28.9 Å². The van der Waals surface area contributed by atoms with Crippen LogP contribution in [0.15, 0.2) is 78.4 Å². The lowest BCUT2D eigenvalue weighted by atomic mass is 9.80. The van der Waals surface area contributed by atoms with E-state index in [9.17, 15) is 22.8 Å². The molecule has 0 saturated carbocycles. The number of halogens is 4. The monoisotopic (exact) mass is 412 g/mol. The van der Waals surface area contributed by atoms with Crippen LogP contribution >= 0.6 is 11.6 Å². The molecule has 2 nitrogen and oxygen atoms in total. The Morgan fingerprint density at radius 1 is 0.621 bits per heavy atom. The molecule has 0 N–H and O–H groups in total. The van der Waals surface area contributed by atoms with Gasteiger partial charge < -0.3 is 0 Å². The predicted octanol–water partition coefficient (Wildman–Crippen LogP) is 6.40. The van der Waals surface area contributed by atoms with Crippen molar-refractivity contribution in [2.45, 2.75) is 6.18 Å². The van der Waals surface area contributed by atoms with Crippen molar-refractivity contribution in [2.75, 3.05) is 0 Å². The zero-order valence-corrected chi connectivity index (χ0v) is 15.5. The standard InChI is InChI=1S/C23H12ClF3O2/c24-16-11-9-14(10-12-16)13-5-7-15(8-6-13)19-20(23(25,26)27)22(29)18-4-2-1-3-17(18)21(19)28/h1-12H. The molecule has 6 heteroatoms. The number of benzene rings is 3. The van der Waals surface area contributed by atoms with Gasteiger partial charge in [0.2, 0.25) is 0 Å². The van der Waals surface area contributed by atoms with Gasteiger partial charge in [-0.15, -0.1) is 0 Å². The Balaban J connectivity index is 1.86. The van der Waals surface area contributed by atoms with E-state index in [1.54, 1.807) is 36.4 Å². The van der Waals surface area contributed by atoms with Gasteiger partial charge in [0, 0.05) is 21.7 Å². The summed E-state index contributed by atoms with van der Waals surface area (Å²) >= 11 is 5.87. The van der Waals surface area contributed by atoms with Gasteiger partial charge in [0.1, 0.15) is 5.57 Å². The largest absolute Gasteiger partial charge is 0.420 e. The van der Waals surface area contributed by atoms with E-state index in [4.69, 9.17) is 11.6 Å². The van der Waals surface area contributed by atoms with Crippen LogP contribution in [0.25, 0.3) is 16.7 Å². The minimum absolute atomic E-state index is 0.0257. The molecule has 0 saturated heterocycles. The smallest absolute Gasteiger partial charge is 0.289 e. The van der Waals surface area contributed by atoms with Gasteiger partial charge in [0.25, 0.3) is 0 Å². The fourth-order valence-corrected chi connectivity index (χ4v) is 3.52. The van der Waals surface area contributed by atoms with Gasteiger partial charge in [-0.2, -0.15) is 13.2 Å². The van der Waals surface area contributed by atoms with Crippen molar-refractivity contribution in [3.63, 3.8) is 0 Å². The molecular weight excluding hydrogens is 401 g/mol. The first-order chi connectivity index (χ1) is 13.8. The molecule has 0 aromatic heterocycles. The first-order valence-corrected chi connectivity index (χ1v) is 9.01. The lowest BCUT2D eigenvalue weighted by Crippen LogP contribution is -2.29. The number of carbonyl (C=O) groups is 2. The van der Waals surface area contributed by atoms with Crippen LogP contribution in [0.3, 0.4) is 0 Å². The lowest BCUT2D eigenvalue weighted by molar-refractivity contribution is -0.0883. The third-order valence-corrected chi connectivity index (χ3v) is 5.01. The summed E-state index contributed by atoms with van der Waals surface area (Å²) < 4.78 is 41.2. The minimum atomic E-state index is -4.95. The molecule has 0 spiro atoms. The van der Waals surface area contributed by atoms with Crippen molar-refractivity contribution in [1.29, 1.82) is 0 Å². The summed E-state index contributed by atoms with van der Waals surface area (Å²) in [6.45, 7) is 0. The fraction of sp³-hybridized carbons (Fsp3) is 0.0435. The Morgan fingerprint density at radius 2 is 1.07 bits per heavy atom. The van der Waals surface area contributed by atoms with Crippen molar-refractivity contribution < 1.29 is 22.8 Å². The highest BCUT2D eigenvalue weighted by Crippen LogP contribution is 2.41. The van der Waals surface area contributed by atoms with Crippen LogP contribution in [0.1, 0.15) is 26.3 Å². The summed E-state index contributed by atoms with van der Waals surface area (Å²) in [4.78, 5) is 25.5. The van der Waals surface area contributed by atoms with Crippen LogP contribution < -0.4 is 0 Å². The van der Waals surface area contributed by atoms with Gasteiger partial charge in [0.15, 0.2) is 11.6 Å². The first-order valence-electron chi connectivity index (χ1n) is 8.63. The predicted molar refractivity (Wildman–Crippen MR) is 105 cm³/mol. The maximum Gasteiger partial charge on any atom is 0.420 e. The van der Waals surface area contributed by atoms with Crippen LogP contribution in [0.5, 0.6) is 0 Å². The van der Waals surface area contributed by atoms with Crippen LogP contribution in [0.4, 0.5) is 13.2 Å². The first kappa shape index (κ1) is 19.2. The van der Waals surface area contributed by atoms with Gasteiger partial charge >= 0.3 is 6.18 Å². The molecule has 0 heterocycles. The highest BCUT2D eigenvalue weighted by molar-refractivity contribution is 6.41. The van der Waals surface area contributed by atoms with E-state index >= 15 is 0 Å². The van der Waals surface area contributed by atoms with E-state index in [1.165, 1.54) is 36.4 Å². The average Bonchev–Trinajstić information content (AvgIpc) is 2.70. The summed E-state index contributed by atoms with van der Waals surface area (Å²) in [5.41, 5.74) is -0.697. The fourth-order valence-electron chi connectivity index (χ4n) is 3.39. The number of allylic oxidation sites excluding steroid dienone is 2. The maximum absolute atomic E-state index is 13.7. The molecule has 0 fully saturated rings. The summed E-state index contributed by atoms with van der Waals surface area (Å²) in [5, 5.41) is 0.565. The molecule has 1 aliphatic carbocycles. The third-order valence-electron chi connectivity index (χ3n) is 4.76. The molecule has 3 aromatic carbocycles. The maximum atomic E-state index is 13.7. The molecule has 0 unspecified atom stereocenters. The van der Waals surface area contributed by atoms with Crippen molar-refractivity contribution >= 4 is 28.7 Å². The van der Waals surface area contributed by atoms with Crippen molar-refractivity contribution in [2.24, 2.45) is 0 Å². The molecular formula is C23H12ClF3O2. The molecule has 1 aliphatic rings. The van der Waals surface area contributed by atoms with Crippen molar-refractivity contribution in [3.05, 3.63) is 100 Å². The van der Waals surface area contributed by atoms with E-state index in [0.717, 1.165) is 11.1 Å². The summed E-state index contributed by atoms with van der Waals surface area (Å²) in [7, 11) is 0. The van der Waals surface area contributed by atoms with Gasteiger partial charge in [-0.05, 0) is 28.8 Å². The number of rotatable bonds is 2. The number of alkyl halides is 3. The Kier molecular flexibility index (Phi) is 4.63. The topological polar surface area (TPSA) is 34.1 Å². The molecule has 0 bridgehead atoms. The van der Waals surface area contributed by atoms with Crippen LogP contribution in [-0.2, 0) is 0 Å². The number of hydrogen-bond donors (Lipinski definition) is 0. The van der Waals surface area contributed by atoms with Gasteiger partial charge in [-0.1, -0.05) is 72.3 Å². The van der Waals surface area contributed by atoms with Gasteiger partial charge in [-0.25, -0.2) is 0 Å². The van der Waals surface area contributed by atoms with Crippen LogP contribution in [0.2, 0.25) is 5.02 Å². The average molecular weight is 413 g/mol. The van der Waals surface area contributed by atoms with E-state index in [2.05, 4.69) is 0 Å². The number of Topliss-reactive ketones (excluding diaryl/α,β-unsaturated/α-hetero) is 2. The second kappa shape index (κ2) is 7.01. The van der Waals surface area contributed by atoms with E-state index in [0.29, 0.717) is 5.02 Å². The van der Waals surface area contributed by atoms with Crippen molar-refractivity contribution in [3.8, 4) is 11.1 Å². The zero-order valence-electron chi connectivity index (χ0n) is 14.8. The van der Waals surface area contributed by atoms with Gasteiger partial charge in [0.05, 0.1) is 0 Å². The summed E-state index contributed by atoms with van der Waals surface area (Å²) in [6, 6.07) is 18.6. The van der Waals surface area contributed by atoms with Gasteiger partial charge in [-0.3, -0.25) is 9.59 Å². The highest BCUT2D eigenvalue weighted by atomic mass is 35.5. The number of ketones is 2. The molecule has 0 atom stereocenters. The van der Waals surface area contributed by atoms with Crippen LogP contribution in [-0.4, -0.2) is 17.7 Å². The minimum Gasteiger partial charge on any atom is -0.289 e. The Hall–Kier alpha value is -3.18. The molecule has 3 aromatic rings. The normalized spacial score (nSPS) is 14.2. The number of hydrogen-bond acceptors (Lipinski definition) is 2. The summed E-state index contributed by atoms with van der Waals surface area (Å²) in [6.07, 6.45) is -4.95. The van der Waals surface area contributed by atoms with Crippen LogP contribution in [0, 0.1) is 0 Å². The molecule has 4 rings (SSSR count). The quantitative estimate of drug-likeness (QED) is 0.488. The van der Waals surface area contributed by atoms with E-state index in [1.807, 2.05) is 0 Å². The lowest BCUT2D eigenvalue weighted by Gasteiger charge is -2.23. The van der Waals surface area contributed by atoms with E-state index in [-0.39, 0.29) is 16.7 Å². The zero-order chi connectivity index (χ0) is 20.8. The van der Waals surface area contributed by atoms with Crippen molar-refractivity contribution in [1.82, 2.24) is 0 Å². The Bertz CT molecular complexity index is 1160. The second-order valence-electron chi connectivity index (χ2n) is 6.54. The highest BCUT2D eigenvalue weighted by Gasteiger charge is 2.46. The molecule has 0 aliphatic heterocycles. The Morgan fingerprint density at radius 3 is 1.59 bits per heavy atom. The second-order valence-corrected chi connectivity index (χ2v) is 6.97. The number of carbonyl (C=O) groups excluding carboxylic acids is 2. The Labute approximate surface area is 169 Å². The molecule has 0 amide bonds. The third kappa shape index (κ3) is 3.38. The summed E-state index contributed by atoms with van der Waals surface area (Å²) in [5.74, 6) is -2.00. The molecule has 0 radical (unpaired) electrons.